The smallest absolute Gasteiger partial charge is 0.234 e. The lowest BCUT2D eigenvalue weighted by atomic mass is 9.89. The number of likely N-dealkylation sites (tertiary alicyclic amines) is 1. The van der Waals surface area contributed by atoms with E-state index in [0.717, 1.165) is 32.5 Å². The zero-order valence-corrected chi connectivity index (χ0v) is 13.2. The molecule has 1 atom stereocenters. The molecule has 2 fully saturated rings. The average Bonchev–Trinajstić information content (AvgIpc) is 2.46. The van der Waals surface area contributed by atoms with E-state index < -0.39 is 0 Å². The molecule has 2 aliphatic rings. The van der Waals surface area contributed by atoms with Crippen molar-refractivity contribution in [2.45, 2.75) is 57.9 Å². The molecule has 21 heavy (non-hydrogen) atoms. The molecule has 1 heterocycles. The summed E-state index contributed by atoms with van der Waals surface area (Å²) >= 11 is 0. The first-order chi connectivity index (χ1) is 10.1. The van der Waals surface area contributed by atoms with Crippen molar-refractivity contribution in [1.29, 1.82) is 0 Å². The minimum Gasteiger partial charge on any atom is -0.355 e. The Hall–Kier alpha value is -1.10. The lowest BCUT2D eigenvalue weighted by Gasteiger charge is -2.32. The quantitative estimate of drug-likeness (QED) is 0.803. The minimum atomic E-state index is 0.0172. The molecule has 0 aromatic heterocycles. The maximum absolute atomic E-state index is 12.0. The summed E-state index contributed by atoms with van der Waals surface area (Å²) in [6.07, 6.45) is 8.54. The summed E-state index contributed by atoms with van der Waals surface area (Å²) in [6.45, 7) is 4.59. The first-order valence-electron chi connectivity index (χ1n) is 8.39. The fourth-order valence-corrected chi connectivity index (χ4v) is 3.51. The van der Waals surface area contributed by atoms with Crippen LogP contribution in [0, 0.1) is 5.92 Å². The normalized spacial score (nSPS) is 24.5. The van der Waals surface area contributed by atoms with E-state index in [2.05, 4.69) is 15.5 Å². The number of piperidine rings is 1. The van der Waals surface area contributed by atoms with Gasteiger partial charge in [0, 0.05) is 26.1 Å². The van der Waals surface area contributed by atoms with Crippen LogP contribution in [0.1, 0.15) is 51.9 Å². The largest absolute Gasteiger partial charge is 0.355 e. The van der Waals surface area contributed by atoms with E-state index in [1.807, 2.05) is 0 Å². The maximum Gasteiger partial charge on any atom is 0.234 e. The van der Waals surface area contributed by atoms with Crippen LogP contribution in [-0.2, 0) is 9.59 Å². The van der Waals surface area contributed by atoms with Crippen LogP contribution in [0.3, 0.4) is 0 Å². The van der Waals surface area contributed by atoms with Crippen LogP contribution in [0.2, 0.25) is 0 Å². The van der Waals surface area contributed by atoms with E-state index in [4.69, 9.17) is 0 Å². The van der Waals surface area contributed by atoms with Gasteiger partial charge in [0.15, 0.2) is 0 Å². The summed E-state index contributed by atoms with van der Waals surface area (Å²) < 4.78 is 0. The Bertz CT molecular complexity index is 353. The molecule has 0 spiro atoms. The zero-order chi connectivity index (χ0) is 15.1. The molecule has 0 radical (unpaired) electrons. The molecule has 5 heteroatoms. The molecule has 0 aromatic rings. The van der Waals surface area contributed by atoms with Crippen LogP contribution in [0.5, 0.6) is 0 Å². The molecule has 1 unspecified atom stereocenters. The van der Waals surface area contributed by atoms with Crippen LogP contribution >= 0.6 is 0 Å². The van der Waals surface area contributed by atoms with Gasteiger partial charge in [-0.1, -0.05) is 19.3 Å². The number of carbonyl (C=O) groups excluding carboxylic acids is 2. The van der Waals surface area contributed by atoms with Crippen molar-refractivity contribution in [2.75, 3.05) is 26.2 Å². The van der Waals surface area contributed by atoms with Crippen molar-refractivity contribution in [3.8, 4) is 0 Å². The average molecular weight is 295 g/mol. The van der Waals surface area contributed by atoms with E-state index in [-0.39, 0.29) is 17.9 Å². The third-order valence-electron chi connectivity index (χ3n) is 4.59. The van der Waals surface area contributed by atoms with Crippen molar-refractivity contribution in [3.05, 3.63) is 0 Å². The first-order valence-corrected chi connectivity index (χ1v) is 8.39. The molecular formula is C16H29N3O2. The van der Waals surface area contributed by atoms with Gasteiger partial charge in [-0.2, -0.15) is 0 Å². The topological polar surface area (TPSA) is 61.4 Å². The fraction of sp³-hybridized carbons (Fsp3) is 0.875. The number of hydrogen-bond acceptors (Lipinski definition) is 3. The zero-order valence-electron chi connectivity index (χ0n) is 13.2. The molecule has 0 aromatic carbocycles. The Kier molecular flexibility index (Phi) is 6.49. The molecule has 1 saturated carbocycles. The highest BCUT2D eigenvalue weighted by Crippen LogP contribution is 2.22. The number of nitrogens with zero attached hydrogens (tertiary/aromatic N) is 1. The van der Waals surface area contributed by atoms with E-state index in [1.165, 1.54) is 32.1 Å². The lowest BCUT2D eigenvalue weighted by Crippen LogP contribution is -2.50. The molecule has 2 rings (SSSR count). The molecule has 1 aliphatic heterocycles. The van der Waals surface area contributed by atoms with Gasteiger partial charge in [0.2, 0.25) is 11.8 Å². The van der Waals surface area contributed by atoms with Crippen molar-refractivity contribution < 1.29 is 9.59 Å². The second-order valence-corrected chi connectivity index (χ2v) is 6.58. The second kappa shape index (κ2) is 8.37. The van der Waals surface area contributed by atoms with E-state index in [9.17, 15) is 9.59 Å². The molecule has 2 amide bonds. The molecule has 5 nitrogen and oxygen atoms in total. The Morgan fingerprint density at radius 1 is 1.10 bits per heavy atom. The van der Waals surface area contributed by atoms with Crippen molar-refractivity contribution in [2.24, 2.45) is 5.92 Å². The summed E-state index contributed by atoms with van der Waals surface area (Å²) in [5.41, 5.74) is 0. The van der Waals surface area contributed by atoms with Gasteiger partial charge in [0.1, 0.15) is 0 Å². The summed E-state index contributed by atoms with van der Waals surface area (Å²) in [5, 5.41) is 6.04. The minimum absolute atomic E-state index is 0.0172. The predicted molar refractivity (Wildman–Crippen MR) is 82.9 cm³/mol. The second-order valence-electron chi connectivity index (χ2n) is 6.58. The summed E-state index contributed by atoms with van der Waals surface area (Å²) in [5.74, 6) is 0.823. The Morgan fingerprint density at radius 2 is 1.86 bits per heavy atom. The van der Waals surface area contributed by atoms with Gasteiger partial charge < -0.3 is 10.6 Å². The van der Waals surface area contributed by atoms with Crippen molar-refractivity contribution >= 4 is 11.8 Å². The van der Waals surface area contributed by atoms with Crippen LogP contribution in [0.25, 0.3) is 0 Å². The van der Waals surface area contributed by atoms with Crippen LogP contribution in [0.4, 0.5) is 0 Å². The summed E-state index contributed by atoms with van der Waals surface area (Å²) in [6, 6.07) is 0.197. The van der Waals surface area contributed by atoms with E-state index in [0.29, 0.717) is 12.5 Å². The molecule has 2 N–H and O–H groups in total. The van der Waals surface area contributed by atoms with Crippen molar-refractivity contribution in [1.82, 2.24) is 15.5 Å². The van der Waals surface area contributed by atoms with Crippen LogP contribution < -0.4 is 10.6 Å². The summed E-state index contributed by atoms with van der Waals surface area (Å²) in [7, 11) is 0. The van der Waals surface area contributed by atoms with Gasteiger partial charge in [-0.25, -0.2) is 0 Å². The van der Waals surface area contributed by atoms with E-state index >= 15 is 0 Å². The molecule has 0 bridgehead atoms. The van der Waals surface area contributed by atoms with Gasteiger partial charge in [0.05, 0.1) is 6.54 Å². The highest BCUT2D eigenvalue weighted by molar-refractivity contribution is 5.78. The van der Waals surface area contributed by atoms with Crippen molar-refractivity contribution in [3.63, 3.8) is 0 Å². The van der Waals surface area contributed by atoms with E-state index in [1.54, 1.807) is 6.92 Å². The SMILES string of the molecule is CC(=O)NC1CCCN(CC(=O)NCC2CCCCC2)C1. The molecule has 1 saturated heterocycles. The highest BCUT2D eigenvalue weighted by atomic mass is 16.2. The van der Waals surface area contributed by atoms with Gasteiger partial charge >= 0.3 is 0 Å². The van der Waals surface area contributed by atoms with Gasteiger partial charge in [-0.15, -0.1) is 0 Å². The van der Waals surface area contributed by atoms with Gasteiger partial charge in [-0.05, 0) is 38.1 Å². The highest BCUT2D eigenvalue weighted by Gasteiger charge is 2.22. The number of rotatable bonds is 5. The maximum atomic E-state index is 12.0. The Balaban J connectivity index is 1.65. The number of amides is 2. The van der Waals surface area contributed by atoms with Gasteiger partial charge in [0.25, 0.3) is 0 Å². The third kappa shape index (κ3) is 6.04. The number of hydrogen-bond donors (Lipinski definition) is 2. The summed E-state index contributed by atoms with van der Waals surface area (Å²) in [4.78, 5) is 25.3. The number of nitrogens with one attached hydrogen (secondary N) is 2. The number of carbonyl (C=O) groups is 2. The predicted octanol–water partition coefficient (Wildman–Crippen LogP) is 1.28. The molecule has 1 aliphatic carbocycles. The molecule has 120 valence electrons. The first kappa shape index (κ1) is 16.3. The Morgan fingerprint density at radius 3 is 2.57 bits per heavy atom. The lowest BCUT2D eigenvalue weighted by molar-refractivity contribution is -0.122. The Labute approximate surface area is 127 Å². The van der Waals surface area contributed by atoms with Crippen LogP contribution in [-0.4, -0.2) is 48.9 Å². The third-order valence-corrected chi connectivity index (χ3v) is 4.59. The van der Waals surface area contributed by atoms with Gasteiger partial charge in [-0.3, -0.25) is 14.5 Å². The molecular weight excluding hydrogens is 266 g/mol. The monoisotopic (exact) mass is 295 g/mol. The fourth-order valence-electron chi connectivity index (χ4n) is 3.51. The standard InChI is InChI=1S/C16H29N3O2/c1-13(20)18-15-8-5-9-19(11-15)12-16(21)17-10-14-6-3-2-4-7-14/h14-15H,2-12H2,1H3,(H,17,21)(H,18,20). The van der Waals surface area contributed by atoms with Crippen LogP contribution in [0.15, 0.2) is 0 Å².